The molecule has 24 heavy (non-hydrogen) atoms. The summed E-state index contributed by atoms with van der Waals surface area (Å²) in [5, 5.41) is 2.93. The first-order valence-corrected chi connectivity index (χ1v) is 9.18. The summed E-state index contributed by atoms with van der Waals surface area (Å²) in [7, 11) is 0. The van der Waals surface area contributed by atoms with Gasteiger partial charge in [0.05, 0.1) is 6.54 Å². The number of nitrogens with one attached hydrogen (secondary N) is 1. The normalized spacial score (nSPS) is 20.9. The van der Waals surface area contributed by atoms with Crippen LogP contribution in [0.5, 0.6) is 0 Å². The standard InChI is InChI=1S/C19H28FN3O/c20-17-6-4-16(5-7-17)14-21-19(24)15-22-12-8-18(9-13-22)23-10-2-1-3-11-23/h4-7,18H,1-3,8-15H2,(H,21,24). The van der Waals surface area contributed by atoms with E-state index >= 15 is 0 Å². The molecule has 0 aromatic heterocycles. The monoisotopic (exact) mass is 333 g/mol. The molecule has 0 saturated carbocycles. The molecule has 2 aliphatic heterocycles. The van der Waals surface area contributed by atoms with Gasteiger partial charge in [-0.1, -0.05) is 18.6 Å². The van der Waals surface area contributed by atoms with Crippen LogP contribution in [0.4, 0.5) is 4.39 Å². The minimum atomic E-state index is -0.248. The maximum Gasteiger partial charge on any atom is 0.234 e. The summed E-state index contributed by atoms with van der Waals surface area (Å²) in [6.07, 6.45) is 6.40. The number of likely N-dealkylation sites (tertiary alicyclic amines) is 2. The first kappa shape index (κ1) is 17.4. The molecule has 0 radical (unpaired) electrons. The summed E-state index contributed by atoms with van der Waals surface area (Å²) in [4.78, 5) is 17.0. The van der Waals surface area contributed by atoms with Crippen LogP contribution < -0.4 is 5.32 Å². The number of carbonyl (C=O) groups excluding carboxylic acids is 1. The Balaban J connectivity index is 1.36. The van der Waals surface area contributed by atoms with E-state index < -0.39 is 0 Å². The van der Waals surface area contributed by atoms with E-state index in [1.807, 2.05) is 0 Å². The highest BCUT2D eigenvalue weighted by atomic mass is 19.1. The molecular formula is C19H28FN3O. The molecule has 132 valence electrons. The van der Waals surface area contributed by atoms with Gasteiger partial charge in [0.1, 0.15) is 5.82 Å². The molecule has 2 saturated heterocycles. The van der Waals surface area contributed by atoms with Gasteiger partial charge < -0.3 is 10.2 Å². The van der Waals surface area contributed by atoms with Crippen LogP contribution in [0.3, 0.4) is 0 Å². The maximum absolute atomic E-state index is 12.9. The largest absolute Gasteiger partial charge is 0.351 e. The second kappa shape index (κ2) is 8.58. The summed E-state index contributed by atoms with van der Waals surface area (Å²) in [6, 6.07) is 6.97. The summed E-state index contributed by atoms with van der Waals surface area (Å²) in [6.45, 7) is 5.44. The number of hydrogen-bond donors (Lipinski definition) is 1. The van der Waals surface area contributed by atoms with Crippen LogP contribution in [0.15, 0.2) is 24.3 Å². The Morgan fingerprint density at radius 1 is 1.04 bits per heavy atom. The first-order valence-electron chi connectivity index (χ1n) is 9.18. The van der Waals surface area contributed by atoms with Crippen molar-refractivity contribution in [1.82, 2.24) is 15.1 Å². The number of hydrogen-bond acceptors (Lipinski definition) is 3. The van der Waals surface area contributed by atoms with Crippen molar-refractivity contribution < 1.29 is 9.18 Å². The van der Waals surface area contributed by atoms with Gasteiger partial charge in [0.25, 0.3) is 0 Å². The fourth-order valence-corrected chi connectivity index (χ4v) is 3.79. The molecule has 5 heteroatoms. The maximum atomic E-state index is 12.9. The van der Waals surface area contributed by atoms with Gasteiger partial charge >= 0.3 is 0 Å². The van der Waals surface area contributed by atoms with E-state index in [4.69, 9.17) is 0 Å². The summed E-state index contributed by atoms with van der Waals surface area (Å²) >= 11 is 0. The van der Waals surface area contributed by atoms with E-state index in [-0.39, 0.29) is 11.7 Å². The van der Waals surface area contributed by atoms with Crippen molar-refractivity contribution in [2.24, 2.45) is 0 Å². The third-order valence-electron chi connectivity index (χ3n) is 5.23. The Bertz CT molecular complexity index is 520. The molecule has 0 bridgehead atoms. The number of carbonyl (C=O) groups is 1. The fourth-order valence-electron chi connectivity index (χ4n) is 3.79. The van der Waals surface area contributed by atoms with E-state index in [1.165, 1.54) is 57.3 Å². The second-order valence-corrected chi connectivity index (χ2v) is 7.01. The predicted octanol–water partition coefficient (Wildman–Crippen LogP) is 2.39. The van der Waals surface area contributed by atoms with Crippen LogP contribution in [0, 0.1) is 5.82 Å². The van der Waals surface area contributed by atoms with Gasteiger partial charge in [-0.3, -0.25) is 9.69 Å². The zero-order valence-electron chi connectivity index (χ0n) is 14.3. The van der Waals surface area contributed by atoms with Gasteiger partial charge in [0.2, 0.25) is 5.91 Å². The topological polar surface area (TPSA) is 35.6 Å². The molecule has 0 aliphatic carbocycles. The molecule has 3 rings (SSSR count). The molecule has 0 spiro atoms. The third kappa shape index (κ3) is 5.02. The smallest absolute Gasteiger partial charge is 0.234 e. The lowest BCUT2D eigenvalue weighted by molar-refractivity contribution is -0.122. The van der Waals surface area contributed by atoms with E-state index in [0.29, 0.717) is 19.1 Å². The van der Waals surface area contributed by atoms with Crippen LogP contribution in [-0.4, -0.2) is 54.5 Å². The number of halogens is 1. The molecule has 2 aliphatic rings. The van der Waals surface area contributed by atoms with Gasteiger partial charge in [-0.25, -0.2) is 4.39 Å². The number of amides is 1. The van der Waals surface area contributed by atoms with Crippen LogP contribution >= 0.6 is 0 Å². The predicted molar refractivity (Wildman–Crippen MR) is 93.1 cm³/mol. The van der Waals surface area contributed by atoms with Crippen LogP contribution in [0.25, 0.3) is 0 Å². The molecule has 1 amide bonds. The second-order valence-electron chi connectivity index (χ2n) is 7.01. The van der Waals surface area contributed by atoms with Crippen LogP contribution in [0.2, 0.25) is 0 Å². The fraction of sp³-hybridized carbons (Fsp3) is 0.632. The molecular weight excluding hydrogens is 305 g/mol. The van der Waals surface area contributed by atoms with Crippen molar-refractivity contribution in [3.8, 4) is 0 Å². The van der Waals surface area contributed by atoms with Crippen molar-refractivity contribution >= 4 is 5.91 Å². The SMILES string of the molecule is O=C(CN1CCC(N2CCCCC2)CC1)NCc1ccc(F)cc1. The molecule has 1 N–H and O–H groups in total. The molecule has 2 fully saturated rings. The lowest BCUT2D eigenvalue weighted by Crippen LogP contribution is -2.48. The van der Waals surface area contributed by atoms with Gasteiger partial charge in [-0.05, 0) is 56.5 Å². The van der Waals surface area contributed by atoms with Crippen molar-refractivity contribution in [3.05, 3.63) is 35.6 Å². The van der Waals surface area contributed by atoms with Crippen molar-refractivity contribution in [3.63, 3.8) is 0 Å². The average molecular weight is 333 g/mol. The highest BCUT2D eigenvalue weighted by Crippen LogP contribution is 2.20. The Hall–Kier alpha value is -1.46. The Morgan fingerprint density at radius 2 is 1.71 bits per heavy atom. The molecule has 2 heterocycles. The Morgan fingerprint density at radius 3 is 2.38 bits per heavy atom. The van der Waals surface area contributed by atoms with Gasteiger partial charge in [0, 0.05) is 25.7 Å². The summed E-state index contributed by atoms with van der Waals surface area (Å²) < 4.78 is 12.9. The average Bonchev–Trinajstić information content (AvgIpc) is 2.63. The van der Waals surface area contributed by atoms with Crippen molar-refractivity contribution in [1.29, 1.82) is 0 Å². The van der Waals surface area contributed by atoms with Gasteiger partial charge in [-0.2, -0.15) is 0 Å². The zero-order chi connectivity index (χ0) is 16.8. The molecule has 0 atom stereocenters. The Labute approximate surface area is 144 Å². The highest BCUT2D eigenvalue weighted by Gasteiger charge is 2.26. The molecule has 0 unspecified atom stereocenters. The first-order chi connectivity index (χ1) is 11.7. The van der Waals surface area contributed by atoms with Crippen molar-refractivity contribution in [2.75, 3.05) is 32.7 Å². The summed E-state index contributed by atoms with van der Waals surface area (Å²) in [5.74, 6) is -0.197. The molecule has 1 aromatic carbocycles. The number of nitrogens with zero attached hydrogens (tertiary/aromatic N) is 2. The van der Waals surface area contributed by atoms with E-state index in [1.54, 1.807) is 12.1 Å². The zero-order valence-corrected chi connectivity index (χ0v) is 14.3. The molecule has 4 nitrogen and oxygen atoms in total. The quantitative estimate of drug-likeness (QED) is 0.899. The van der Waals surface area contributed by atoms with Gasteiger partial charge in [0.15, 0.2) is 0 Å². The lowest BCUT2D eigenvalue weighted by atomic mass is 10.00. The summed E-state index contributed by atoms with van der Waals surface area (Å²) in [5.41, 5.74) is 0.925. The van der Waals surface area contributed by atoms with E-state index in [2.05, 4.69) is 15.1 Å². The lowest BCUT2D eigenvalue weighted by Gasteiger charge is -2.40. The minimum Gasteiger partial charge on any atom is -0.351 e. The minimum absolute atomic E-state index is 0.0516. The van der Waals surface area contributed by atoms with E-state index in [9.17, 15) is 9.18 Å². The number of rotatable bonds is 5. The highest BCUT2D eigenvalue weighted by molar-refractivity contribution is 5.78. The number of benzene rings is 1. The van der Waals surface area contributed by atoms with E-state index in [0.717, 1.165) is 18.7 Å². The van der Waals surface area contributed by atoms with Crippen molar-refractivity contribution in [2.45, 2.75) is 44.7 Å². The third-order valence-corrected chi connectivity index (χ3v) is 5.23. The van der Waals surface area contributed by atoms with Gasteiger partial charge in [-0.15, -0.1) is 0 Å². The Kier molecular flexibility index (Phi) is 6.21. The number of piperidine rings is 2. The van der Waals surface area contributed by atoms with Crippen LogP contribution in [-0.2, 0) is 11.3 Å². The van der Waals surface area contributed by atoms with Crippen LogP contribution in [0.1, 0.15) is 37.7 Å². The molecule has 1 aromatic rings.